The number of ketones is 2. The minimum absolute atomic E-state index is 0.0264. The molecular formula is C34H24F2N4O4. The fourth-order valence-electron chi connectivity index (χ4n) is 5.02. The number of benzene rings is 2. The Bertz CT molecular complexity index is 2130. The number of carbonyl (C=O) groups is 2. The van der Waals surface area contributed by atoms with Gasteiger partial charge in [0.15, 0.2) is 28.9 Å². The minimum atomic E-state index is -0.699. The zero-order valence-electron chi connectivity index (χ0n) is 23.6. The normalized spacial score (nSPS) is 11.1. The lowest BCUT2D eigenvalue weighted by atomic mass is 10.0. The third-order valence-corrected chi connectivity index (χ3v) is 7.21. The van der Waals surface area contributed by atoms with Crippen LogP contribution in [-0.2, 0) is 6.42 Å². The molecule has 0 amide bonds. The Balaban J connectivity index is 1.27. The van der Waals surface area contributed by atoms with Crippen LogP contribution in [0.25, 0.3) is 22.3 Å². The van der Waals surface area contributed by atoms with Gasteiger partial charge in [0.25, 0.3) is 5.56 Å². The molecule has 0 aliphatic carbocycles. The molecule has 6 aromatic rings. The summed E-state index contributed by atoms with van der Waals surface area (Å²) >= 11 is 0. The van der Waals surface area contributed by atoms with Crippen molar-refractivity contribution in [2.75, 3.05) is 0 Å². The zero-order valence-corrected chi connectivity index (χ0v) is 23.6. The van der Waals surface area contributed by atoms with Gasteiger partial charge in [-0.25, -0.2) is 13.3 Å². The molecular weight excluding hydrogens is 566 g/mol. The molecule has 4 heterocycles. The first-order chi connectivity index (χ1) is 21.2. The van der Waals surface area contributed by atoms with Gasteiger partial charge in [0.05, 0.1) is 11.8 Å². The standard InChI is InChI=1S/C34H24F2N4O4/c1-20-11-15-39(25-6-4-24(35)5-7-25)34(43)32(20)29(42)18-22-3-8-30(27(36)17-22)44-31-10-14-38-40-16-12-26(33(31)40)23-9-13-37-28(19-23)21(2)41/h3-17,19H,18H2,1-2H3. The number of carbonyl (C=O) groups excluding carboxylic acids is 2. The summed E-state index contributed by atoms with van der Waals surface area (Å²) in [5, 5.41) is 4.31. The summed E-state index contributed by atoms with van der Waals surface area (Å²) in [6.45, 7) is 3.09. The predicted octanol–water partition coefficient (Wildman–Crippen LogP) is 6.55. The number of nitrogens with zero attached hydrogens (tertiary/aromatic N) is 4. The summed E-state index contributed by atoms with van der Waals surface area (Å²) in [6.07, 6.45) is 6.10. The van der Waals surface area contributed by atoms with Crippen molar-refractivity contribution >= 4 is 17.1 Å². The molecule has 0 N–H and O–H groups in total. The van der Waals surface area contributed by atoms with E-state index in [1.54, 1.807) is 54.2 Å². The van der Waals surface area contributed by atoms with E-state index in [-0.39, 0.29) is 23.5 Å². The van der Waals surface area contributed by atoms with Gasteiger partial charge in [-0.3, -0.25) is 23.9 Å². The molecule has 4 aromatic heterocycles. The first-order valence-corrected chi connectivity index (χ1v) is 13.6. The number of aryl methyl sites for hydroxylation is 1. The molecule has 0 aliphatic rings. The Labute approximate surface area is 249 Å². The van der Waals surface area contributed by atoms with Gasteiger partial charge in [-0.1, -0.05) is 6.07 Å². The molecule has 2 aromatic carbocycles. The van der Waals surface area contributed by atoms with Gasteiger partial charge in [0, 0.05) is 49.3 Å². The fourth-order valence-corrected chi connectivity index (χ4v) is 5.02. The van der Waals surface area contributed by atoms with Crippen LogP contribution in [0.2, 0.25) is 0 Å². The lowest BCUT2D eigenvalue weighted by Gasteiger charge is -2.12. The van der Waals surface area contributed by atoms with Crippen LogP contribution in [0.15, 0.2) is 102 Å². The van der Waals surface area contributed by atoms with Crippen molar-refractivity contribution in [3.63, 3.8) is 0 Å². The van der Waals surface area contributed by atoms with Crippen molar-refractivity contribution in [1.29, 1.82) is 0 Å². The van der Waals surface area contributed by atoms with E-state index in [9.17, 15) is 18.8 Å². The lowest BCUT2D eigenvalue weighted by Crippen LogP contribution is -2.27. The van der Waals surface area contributed by atoms with Crippen molar-refractivity contribution in [2.24, 2.45) is 0 Å². The molecule has 44 heavy (non-hydrogen) atoms. The Morgan fingerprint density at radius 1 is 0.886 bits per heavy atom. The van der Waals surface area contributed by atoms with Crippen molar-refractivity contribution in [3.05, 3.63) is 142 Å². The smallest absolute Gasteiger partial charge is 0.266 e. The number of hydrogen-bond donors (Lipinski definition) is 0. The molecule has 0 spiro atoms. The first-order valence-electron chi connectivity index (χ1n) is 13.6. The van der Waals surface area contributed by atoms with Crippen LogP contribution in [0.3, 0.4) is 0 Å². The van der Waals surface area contributed by atoms with Gasteiger partial charge < -0.3 is 4.74 Å². The highest BCUT2D eigenvalue weighted by molar-refractivity contribution is 5.98. The van der Waals surface area contributed by atoms with Crippen LogP contribution in [0, 0.1) is 18.6 Å². The number of aromatic nitrogens is 4. The summed E-state index contributed by atoms with van der Waals surface area (Å²) in [7, 11) is 0. The summed E-state index contributed by atoms with van der Waals surface area (Å²) in [4.78, 5) is 42.5. The highest BCUT2D eigenvalue weighted by Gasteiger charge is 2.19. The van der Waals surface area contributed by atoms with E-state index in [4.69, 9.17) is 4.74 Å². The lowest BCUT2D eigenvalue weighted by molar-refractivity contribution is 0.0987. The van der Waals surface area contributed by atoms with Gasteiger partial charge in [-0.05, 0) is 84.3 Å². The van der Waals surface area contributed by atoms with Gasteiger partial charge >= 0.3 is 0 Å². The largest absolute Gasteiger partial charge is 0.452 e. The van der Waals surface area contributed by atoms with E-state index < -0.39 is 23.0 Å². The first kappa shape index (κ1) is 28.4. The number of Topliss-reactive ketones (excluding diaryl/α,β-unsaturated/α-hetero) is 2. The summed E-state index contributed by atoms with van der Waals surface area (Å²) < 4.78 is 37.6. The van der Waals surface area contributed by atoms with E-state index in [1.165, 1.54) is 60.3 Å². The quantitative estimate of drug-likeness (QED) is 0.187. The van der Waals surface area contributed by atoms with Crippen LogP contribution >= 0.6 is 0 Å². The van der Waals surface area contributed by atoms with E-state index >= 15 is 4.39 Å². The molecule has 0 bridgehead atoms. The molecule has 8 nitrogen and oxygen atoms in total. The van der Waals surface area contributed by atoms with Crippen LogP contribution in [0.1, 0.15) is 38.9 Å². The average Bonchev–Trinajstić information content (AvgIpc) is 3.45. The van der Waals surface area contributed by atoms with Crippen molar-refractivity contribution in [3.8, 4) is 28.3 Å². The number of rotatable bonds is 8. The number of ether oxygens (including phenoxy) is 1. The molecule has 0 atom stereocenters. The zero-order chi connectivity index (χ0) is 31.0. The number of hydrogen-bond acceptors (Lipinski definition) is 6. The second kappa shape index (κ2) is 11.5. The average molecular weight is 591 g/mol. The Hall–Kier alpha value is -5.77. The van der Waals surface area contributed by atoms with Crippen molar-refractivity contribution in [1.82, 2.24) is 19.2 Å². The third kappa shape index (κ3) is 5.40. The Morgan fingerprint density at radius 3 is 2.43 bits per heavy atom. The van der Waals surface area contributed by atoms with E-state index in [0.717, 1.165) is 5.56 Å². The molecule has 6 rings (SSSR count). The third-order valence-electron chi connectivity index (χ3n) is 7.21. The maximum Gasteiger partial charge on any atom is 0.266 e. The minimum Gasteiger partial charge on any atom is -0.452 e. The molecule has 0 fully saturated rings. The molecule has 0 saturated heterocycles. The second-order valence-corrected chi connectivity index (χ2v) is 10.2. The maximum absolute atomic E-state index is 15.4. The van der Waals surface area contributed by atoms with Crippen molar-refractivity contribution in [2.45, 2.75) is 20.3 Å². The molecule has 0 aliphatic heterocycles. The Kier molecular flexibility index (Phi) is 7.40. The highest BCUT2D eigenvalue weighted by atomic mass is 19.1. The summed E-state index contributed by atoms with van der Waals surface area (Å²) in [6, 6.07) is 18.0. The van der Waals surface area contributed by atoms with Gasteiger partial charge in [-0.15, -0.1) is 0 Å². The van der Waals surface area contributed by atoms with E-state index in [0.29, 0.717) is 39.3 Å². The van der Waals surface area contributed by atoms with Gasteiger partial charge in [0.1, 0.15) is 17.0 Å². The highest BCUT2D eigenvalue weighted by Crippen LogP contribution is 2.35. The number of halogens is 2. The molecule has 218 valence electrons. The molecule has 0 unspecified atom stereocenters. The number of fused-ring (bicyclic) bond motifs is 1. The summed E-state index contributed by atoms with van der Waals surface area (Å²) in [5.74, 6) is -1.55. The SMILES string of the molecule is CC(=O)c1cc(-c2ccn3nccc(Oc4ccc(CC(=O)c5c(C)ccn(-c6ccc(F)cc6)c5=O)cc4F)c23)ccn1. The van der Waals surface area contributed by atoms with Crippen LogP contribution in [-0.4, -0.2) is 30.7 Å². The van der Waals surface area contributed by atoms with Gasteiger partial charge in [0.2, 0.25) is 0 Å². The molecule has 10 heteroatoms. The van der Waals surface area contributed by atoms with Crippen LogP contribution < -0.4 is 10.3 Å². The van der Waals surface area contributed by atoms with E-state index in [1.807, 2.05) is 6.07 Å². The maximum atomic E-state index is 15.4. The van der Waals surface area contributed by atoms with Crippen LogP contribution in [0.5, 0.6) is 11.5 Å². The topological polar surface area (TPSA) is 95.6 Å². The Morgan fingerprint density at radius 2 is 1.68 bits per heavy atom. The second-order valence-electron chi connectivity index (χ2n) is 10.2. The number of pyridine rings is 2. The summed E-state index contributed by atoms with van der Waals surface area (Å²) in [5.41, 5.74) is 2.98. The molecule has 0 saturated carbocycles. The van der Waals surface area contributed by atoms with Crippen molar-refractivity contribution < 1.29 is 23.1 Å². The predicted molar refractivity (Wildman–Crippen MR) is 160 cm³/mol. The van der Waals surface area contributed by atoms with E-state index in [2.05, 4.69) is 10.1 Å². The monoisotopic (exact) mass is 590 g/mol. The van der Waals surface area contributed by atoms with Crippen LogP contribution in [0.4, 0.5) is 8.78 Å². The molecule has 0 radical (unpaired) electrons. The van der Waals surface area contributed by atoms with Gasteiger partial charge in [-0.2, -0.15) is 5.10 Å². The fraction of sp³-hybridized carbons (Fsp3) is 0.0882.